The van der Waals surface area contributed by atoms with Crippen LogP contribution in [0.1, 0.15) is 222 Å². The summed E-state index contributed by atoms with van der Waals surface area (Å²) in [7, 11) is 3.95. The minimum absolute atomic E-state index is 0.0372. The molecule has 4 heteroatoms. The van der Waals surface area contributed by atoms with Crippen molar-refractivity contribution in [3.63, 3.8) is 0 Å². The first-order chi connectivity index (χ1) is 35.7. The van der Waals surface area contributed by atoms with E-state index in [0.29, 0.717) is 0 Å². The number of nitrogens with one attached hydrogen (secondary N) is 2. The SMILES string of the molecule is CC(C)(C)c1cc(-c2cc(CNCCSSCCNCc3cc(-c4cc(C(C)(C)C)cc(C(C)(C)C)c4)cc(-c4cc(C(C)(C)C)cc(C(C)(C)C)c4)c3)cc(-c3cc(C(C)(C)C)cc(C(C)(C)C)c3)c2)cc(C(C)(C)C)c1. The molecule has 2 N–H and O–H groups in total. The number of hydrogen-bond donors (Lipinski definition) is 2. The lowest BCUT2D eigenvalue weighted by molar-refractivity contribution is 0.568. The second kappa shape index (κ2) is 23.8. The molecule has 78 heavy (non-hydrogen) atoms. The van der Waals surface area contributed by atoms with Gasteiger partial charge in [0.15, 0.2) is 0 Å². The molecular weight excluding hydrogens is 981 g/mol. The summed E-state index contributed by atoms with van der Waals surface area (Å²) in [5.41, 5.74) is 24.3. The zero-order valence-corrected chi connectivity index (χ0v) is 55.1. The highest BCUT2D eigenvalue weighted by Crippen LogP contribution is 2.41. The van der Waals surface area contributed by atoms with Gasteiger partial charge in [0.05, 0.1) is 0 Å². The van der Waals surface area contributed by atoms with Gasteiger partial charge in [-0.15, -0.1) is 0 Å². The summed E-state index contributed by atoms with van der Waals surface area (Å²) in [4.78, 5) is 0. The van der Waals surface area contributed by atoms with Gasteiger partial charge in [-0.1, -0.05) is 261 Å². The van der Waals surface area contributed by atoms with Crippen LogP contribution in [0.2, 0.25) is 0 Å². The van der Waals surface area contributed by atoms with Crippen molar-refractivity contribution in [3.8, 4) is 44.5 Å². The van der Waals surface area contributed by atoms with E-state index in [-0.39, 0.29) is 43.3 Å². The normalized spacial score (nSPS) is 13.4. The van der Waals surface area contributed by atoms with Crippen molar-refractivity contribution >= 4 is 21.6 Å². The van der Waals surface area contributed by atoms with Crippen molar-refractivity contribution in [1.29, 1.82) is 0 Å². The Kier molecular flexibility index (Phi) is 19.3. The molecule has 2 nitrogen and oxygen atoms in total. The van der Waals surface area contributed by atoms with Crippen molar-refractivity contribution in [2.75, 3.05) is 24.6 Å². The topological polar surface area (TPSA) is 24.1 Å². The van der Waals surface area contributed by atoms with E-state index < -0.39 is 0 Å². The molecule has 0 aliphatic carbocycles. The Labute approximate surface area is 485 Å². The average Bonchev–Trinajstić information content (AvgIpc) is 3.32. The molecule has 0 bridgehead atoms. The molecule has 0 fully saturated rings. The first kappa shape index (κ1) is 63.1. The molecule has 6 aromatic carbocycles. The van der Waals surface area contributed by atoms with Crippen molar-refractivity contribution in [1.82, 2.24) is 10.6 Å². The van der Waals surface area contributed by atoms with E-state index in [2.05, 4.69) is 286 Å². The third kappa shape index (κ3) is 17.2. The van der Waals surface area contributed by atoms with E-state index in [4.69, 9.17) is 0 Å². The molecule has 0 saturated carbocycles. The fourth-order valence-electron chi connectivity index (χ4n) is 9.71. The van der Waals surface area contributed by atoms with Gasteiger partial charge in [0.1, 0.15) is 0 Å². The van der Waals surface area contributed by atoms with Gasteiger partial charge >= 0.3 is 0 Å². The third-order valence-corrected chi connectivity index (χ3v) is 17.9. The fraction of sp³-hybridized carbons (Fsp3) is 0.514. The average molecular weight is 1090 g/mol. The molecule has 6 rings (SSSR count). The molecule has 0 atom stereocenters. The van der Waals surface area contributed by atoms with Crippen LogP contribution >= 0.6 is 21.6 Å². The van der Waals surface area contributed by atoms with Crippen molar-refractivity contribution in [2.24, 2.45) is 0 Å². The van der Waals surface area contributed by atoms with Gasteiger partial charge in [-0.05, 0) is 180 Å². The maximum absolute atomic E-state index is 3.86. The molecule has 0 amide bonds. The highest BCUT2D eigenvalue weighted by atomic mass is 33.1. The van der Waals surface area contributed by atoms with Crippen molar-refractivity contribution < 1.29 is 0 Å². The van der Waals surface area contributed by atoms with Gasteiger partial charge in [-0.25, -0.2) is 0 Å². The summed E-state index contributed by atoms with van der Waals surface area (Å²) < 4.78 is 0. The molecule has 0 unspecified atom stereocenters. The lowest BCUT2D eigenvalue weighted by Crippen LogP contribution is -2.18. The Balaban J connectivity index is 1.19. The van der Waals surface area contributed by atoms with Crippen LogP contribution in [0.15, 0.2) is 109 Å². The fourth-order valence-corrected chi connectivity index (χ4v) is 11.6. The van der Waals surface area contributed by atoms with E-state index in [1.165, 1.54) is 100 Å². The zero-order valence-electron chi connectivity index (χ0n) is 53.5. The highest BCUT2D eigenvalue weighted by Gasteiger charge is 2.26. The molecule has 0 heterocycles. The van der Waals surface area contributed by atoms with E-state index >= 15 is 0 Å². The Hall–Kier alpha value is -4.06. The summed E-state index contributed by atoms with van der Waals surface area (Å²) in [6.07, 6.45) is 0. The largest absolute Gasteiger partial charge is 0.312 e. The Morgan fingerprint density at radius 3 is 0.564 bits per heavy atom. The van der Waals surface area contributed by atoms with Gasteiger partial charge in [0.2, 0.25) is 0 Å². The van der Waals surface area contributed by atoms with Crippen LogP contribution in [0.4, 0.5) is 0 Å². The summed E-state index contributed by atoms with van der Waals surface area (Å²) in [5.74, 6) is 2.09. The van der Waals surface area contributed by atoms with Gasteiger partial charge in [0.25, 0.3) is 0 Å². The molecule has 0 aliphatic rings. The summed E-state index contributed by atoms with van der Waals surface area (Å²) in [5, 5.41) is 7.72. The number of hydrogen-bond acceptors (Lipinski definition) is 4. The number of rotatable bonds is 15. The van der Waals surface area contributed by atoms with E-state index in [1.54, 1.807) is 0 Å². The Morgan fingerprint density at radius 2 is 0.397 bits per heavy atom. The predicted molar refractivity (Wildman–Crippen MR) is 353 cm³/mol. The summed E-state index contributed by atoms with van der Waals surface area (Å²) in [6, 6.07) is 43.9. The minimum Gasteiger partial charge on any atom is -0.312 e. The molecule has 0 aliphatic heterocycles. The van der Waals surface area contributed by atoms with Crippen LogP contribution in [-0.2, 0) is 56.4 Å². The summed E-state index contributed by atoms with van der Waals surface area (Å²) in [6.45, 7) is 59.6. The Bertz CT molecular complexity index is 2500. The van der Waals surface area contributed by atoms with Crippen LogP contribution in [0.3, 0.4) is 0 Å². The van der Waals surface area contributed by atoms with Gasteiger partial charge in [-0.3, -0.25) is 0 Å². The lowest BCUT2D eigenvalue weighted by Gasteiger charge is -2.27. The maximum Gasteiger partial charge on any atom is 0.0206 e. The van der Waals surface area contributed by atoms with E-state index in [0.717, 1.165) is 37.7 Å². The molecular formula is C74H104N2S2. The van der Waals surface area contributed by atoms with Crippen LogP contribution in [0.5, 0.6) is 0 Å². The molecule has 0 saturated heterocycles. The molecule has 6 aromatic rings. The predicted octanol–water partition coefficient (Wildman–Crippen LogP) is 21.0. The van der Waals surface area contributed by atoms with E-state index in [9.17, 15) is 0 Å². The Morgan fingerprint density at radius 1 is 0.231 bits per heavy atom. The monoisotopic (exact) mass is 1080 g/mol. The number of benzene rings is 6. The van der Waals surface area contributed by atoms with Crippen LogP contribution < -0.4 is 10.6 Å². The lowest BCUT2D eigenvalue weighted by atomic mass is 9.78. The quantitative estimate of drug-likeness (QED) is 0.0791. The standard InChI is InChI=1S/C74H104N2S2/c1-67(2,3)59-35-55(36-60(43-59)68(4,5)6)51-29-49(30-52(33-51)56-37-61(69(7,8)9)44-62(38-56)70(10,11)12)47-75-25-27-77-78-28-26-76-48-50-31-53(57-39-63(71(13,14)15)45-64(40-57)72(16,17)18)34-54(32-50)58-41-65(73(19,20)21)46-66(42-58)74(22,23)24/h29-46,75-76H,25-28,47-48H2,1-24H3. The van der Waals surface area contributed by atoms with Crippen LogP contribution in [0, 0.1) is 0 Å². The highest BCUT2D eigenvalue weighted by molar-refractivity contribution is 8.76. The molecule has 0 spiro atoms. The second-order valence-electron chi connectivity index (χ2n) is 31.0. The third-order valence-electron chi connectivity index (χ3n) is 15.4. The van der Waals surface area contributed by atoms with Crippen molar-refractivity contribution in [2.45, 2.75) is 223 Å². The van der Waals surface area contributed by atoms with E-state index in [1.807, 2.05) is 21.6 Å². The first-order valence-corrected chi connectivity index (χ1v) is 31.7. The molecule has 0 radical (unpaired) electrons. The smallest absolute Gasteiger partial charge is 0.0206 e. The first-order valence-electron chi connectivity index (χ1n) is 29.3. The van der Waals surface area contributed by atoms with Gasteiger partial charge in [-0.2, -0.15) is 0 Å². The summed E-state index contributed by atoms with van der Waals surface area (Å²) >= 11 is 0. The van der Waals surface area contributed by atoms with Crippen LogP contribution in [-0.4, -0.2) is 24.6 Å². The van der Waals surface area contributed by atoms with Gasteiger partial charge < -0.3 is 10.6 Å². The minimum atomic E-state index is 0.0372. The maximum atomic E-state index is 3.86. The second-order valence-corrected chi connectivity index (χ2v) is 33.7. The molecule has 0 aromatic heterocycles. The van der Waals surface area contributed by atoms with Crippen molar-refractivity contribution in [3.05, 3.63) is 165 Å². The zero-order chi connectivity index (χ0) is 58.2. The molecule has 422 valence electrons. The van der Waals surface area contributed by atoms with Gasteiger partial charge in [0, 0.05) is 37.7 Å². The van der Waals surface area contributed by atoms with Crippen LogP contribution in [0.25, 0.3) is 44.5 Å².